The summed E-state index contributed by atoms with van der Waals surface area (Å²) in [5.41, 5.74) is 2.93. The number of ether oxygens (including phenoxy) is 1. The van der Waals surface area contributed by atoms with Crippen LogP contribution in [0.2, 0.25) is 5.02 Å². The van der Waals surface area contributed by atoms with Crippen LogP contribution in [0.15, 0.2) is 64.9 Å². The van der Waals surface area contributed by atoms with Crippen LogP contribution in [0.5, 0.6) is 0 Å². The maximum atomic E-state index is 13.6. The zero-order valence-corrected chi connectivity index (χ0v) is 16.2. The fourth-order valence-electron chi connectivity index (χ4n) is 3.49. The van der Waals surface area contributed by atoms with Crippen LogP contribution in [0, 0.1) is 18.3 Å². The van der Waals surface area contributed by atoms with Gasteiger partial charge in [-0.3, -0.25) is 9.79 Å². The first-order chi connectivity index (χ1) is 13.5. The van der Waals surface area contributed by atoms with Gasteiger partial charge in [0.15, 0.2) is 5.70 Å². The Labute approximate surface area is 168 Å². The Hall–Kier alpha value is -2.97. The van der Waals surface area contributed by atoms with Crippen LogP contribution in [0.3, 0.4) is 0 Å². The first-order valence-electron chi connectivity index (χ1n) is 8.68. The molecule has 0 bridgehead atoms. The topological polar surface area (TPSA) is 43.0 Å². The van der Waals surface area contributed by atoms with Crippen molar-refractivity contribution in [3.05, 3.63) is 93.3 Å². The number of esters is 1. The summed E-state index contributed by atoms with van der Waals surface area (Å²) in [6, 6.07) is 13.6. The lowest BCUT2D eigenvalue weighted by Gasteiger charge is -2.30. The first kappa shape index (κ1) is 19.8. The molecule has 2 atom stereocenters. The molecule has 6 heteroatoms. The van der Waals surface area contributed by atoms with E-state index in [-0.39, 0.29) is 5.02 Å². The molecule has 0 radical (unpaired) electrons. The Morgan fingerprint density at radius 2 is 2.00 bits per heavy atom. The molecule has 0 fully saturated rings. The molecule has 0 aliphatic carbocycles. The van der Waals surface area contributed by atoms with Gasteiger partial charge in [-0.2, -0.15) is 0 Å². The fraction of sp³-hybridized carbons (Fsp3) is 0.227. The summed E-state index contributed by atoms with van der Waals surface area (Å²) in [4.78, 5) is 20.8. The predicted octanol–water partition coefficient (Wildman–Crippen LogP) is 5.20. The molecular formula is C22H18ClFN2O2. The van der Waals surface area contributed by atoms with E-state index >= 15 is 0 Å². The van der Waals surface area contributed by atoms with Crippen molar-refractivity contribution in [2.45, 2.75) is 19.3 Å². The summed E-state index contributed by atoms with van der Waals surface area (Å²) in [5.74, 6) is -2.47. The minimum absolute atomic E-state index is 0.161. The number of halogens is 2. The number of aliphatic imine (C=N–C) groups is 1. The van der Waals surface area contributed by atoms with Crippen molar-refractivity contribution in [1.82, 2.24) is 0 Å². The summed E-state index contributed by atoms with van der Waals surface area (Å²) in [5, 5.41) is 0.161. The van der Waals surface area contributed by atoms with Crippen molar-refractivity contribution < 1.29 is 13.9 Å². The van der Waals surface area contributed by atoms with E-state index in [9.17, 15) is 9.18 Å². The van der Waals surface area contributed by atoms with Crippen LogP contribution < -0.4 is 0 Å². The lowest BCUT2D eigenvalue weighted by molar-refractivity contribution is -0.143. The van der Waals surface area contributed by atoms with E-state index < -0.39 is 23.6 Å². The van der Waals surface area contributed by atoms with Crippen molar-refractivity contribution in [2.24, 2.45) is 10.9 Å². The summed E-state index contributed by atoms with van der Waals surface area (Å²) in [6.07, 6.45) is 0.444. The van der Waals surface area contributed by atoms with Crippen molar-refractivity contribution in [1.29, 1.82) is 0 Å². The standard InChI is InChI=1S/C22H18ClFN2O2/c1-13-19(22(27)28-3)20(16-10-9-15(24)12-17(16)23)21(25-2)18(26-13)11-14-7-5-4-6-8-14/h4-10,12,19-20H,11H2,1,3H3. The molecule has 0 saturated heterocycles. The van der Waals surface area contributed by atoms with Crippen molar-refractivity contribution >= 4 is 23.3 Å². The van der Waals surface area contributed by atoms with E-state index in [0.29, 0.717) is 29.1 Å². The molecule has 1 aliphatic rings. The third kappa shape index (κ3) is 3.83. The first-order valence-corrected chi connectivity index (χ1v) is 9.06. The smallest absolute Gasteiger partial charge is 0.314 e. The third-order valence-electron chi connectivity index (χ3n) is 4.77. The molecule has 142 valence electrons. The average Bonchev–Trinajstić information content (AvgIpc) is 2.68. The molecule has 2 unspecified atom stereocenters. The van der Waals surface area contributed by atoms with Gasteiger partial charge in [0.1, 0.15) is 5.82 Å². The Morgan fingerprint density at radius 1 is 1.29 bits per heavy atom. The SMILES string of the molecule is [C-]#[N+]C1=C(Cc2ccccc2)N=C(C)C(C(=O)OC)C1c1ccc(F)cc1Cl. The predicted molar refractivity (Wildman–Crippen MR) is 107 cm³/mol. The zero-order valence-electron chi connectivity index (χ0n) is 15.4. The molecule has 2 aromatic rings. The van der Waals surface area contributed by atoms with Crippen LogP contribution in [0.25, 0.3) is 4.85 Å². The Kier molecular flexibility index (Phi) is 5.91. The monoisotopic (exact) mass is 396 g/mol. The summed E-state index contributed by atoms with van der Waals surface area (Å²) >= 11 is 6.30. The highest BCUT2D eigenvalue weighted by Crippen LogP contribution is 2.43. The van der Waals surface area contributed by atoms with Gasteiger partial charge in [-0.05, 0) is 30.2 Å². The number of methoxy groups -OCH3 is 1. The molecule has 28 heavy (non-hydrogen) atoms. The highest BCUT2D eigenvalue weighted by Gasteiger charge is 2.41. The summed E-state index contributed by atoms with van der Waals surface area (Å²) < 4.78 is 18.5. The highest BCUT2D eigenvalue weighted by molar-refractivity contribution is 6.31. The van der Waals surface area contributed by atoms with Gasteiger partial charge in [0, 0.05) is 28.8 Å². The number of nitrogens with zero attached hydrogens (tertiary/aromatic N) is 2. The molecule has 0 spiro atoms. The van der Waals surface area contributed by atoms with Crippen molar-refractivity contribution in [2.75, 3.05) is 7.11 Å². The van der Waals surface area contributed by atoms with Gasteiger partial charge in [0.25, 0.3) is 0 Å². The third-order valence-corrected chi connectivity index (χ3v) is 5.10. The number of carbonyl (C=O) groups excluding carboxylic acids is 1. The van der Waals surface area contributed by atoms with Crippen LogP contribution in [0.1, 0.15) is 24.0 Å². The number of rotatable bonds is 4. The van der Waals surface area contributed by atoms with Crippen LogP contribution >= 0.6 is 11.6 Å². The molecule has 1 heterocycles. The number of allylic oxidation sites excluding steroid dienone is 2. The molecule has 0 aromatic heterocycles. The van der Waals surface area contributed by atoms with Gasteiger partial charge in [0.2, 0.25) is 0 Å². The maximum absolute atomic E-state index is 13.6. The van der Waals surface area contributed by atoms with Crippen LogP contribution in [0.4, 0.5) is 4.39 Å². The second-order valence-electron chi connectivity index (χ2n) is 6.50. The molecule has 4 nitrogen and oxygen atoms in total. The molecule has 1 aliphatic heterocycles. The maximum Gasteiger partial charge on any atom is 0.314 e. The molecule has 3 rings (SSSR count). The average molecular weight is 397 g/mol. The Morgan fingerprint density at radius 3 is 2.61 bits per heavy atom. The molecule has 0 amide bonds. The van der Waals surface area contributed by atoms with E-state index in [4.69, 9.17) is 22.9 Å². The normalized spacial score (nSPS) is 19.0. The summed E-state index contributed by atoms with van der Waals surface area (Å²) in [7, 11) is 1.29. The summed E-state index contributed by atoms with van der Waals surface area (Å²) in [6.45, 7) is 9.50. The Balaban J connectivity index is 2.18. The Bertz CT molecular complexity index is 1010. The van der Waals surface area contributed by atoms with Gasteiger partial charge in [0.05, 0.1) is 19.6 Å². The highest BCUT2D eigenvalue weighted by atomic mass is 35.5. The van der Waals surface area contributed by atoms with E-state index in [1.807, 2.05) is 30.3 Å². The number of hydrogen-bond donors (Lipinski definition) is 0. The van der Waals surface area contributed by atoms with Gasteiger partial charge in [-0.25, -0.2) is 9.24 Å². The minimum Gasteiger partial charge on any atom is -0.469 e. The van der Waals surface area contributed by atoms with Gasteiger partial charge in [-0.15, -0.1) is 0 Å². The molecular weight excluding hydrogens is 379 g/mol. The van der Waals surface area contributed by atoms with E-state index in [1.165, 1.54) is 25.3 Å². The van der Waals surface area contributed by atoms with Crippen LogP contribution in [-0.2, 0) is 16.0 Å². The van der Waals surface area contributed by atoms with Gasteiger partial charge < -0.3 is 4.74 Å². The number of carbonyl (C=O) groups is 1. The number of benzene rings is 2. The lowest BCUT2D eigenvalue weighted by atomic mass is 9.78. The quantitative estimate of drug-likeness (QED) is 0.526. The lowest BCUT2D eigenvalue weighted by Crippen LogP contribution is -2.33. The van der Waals surface area contributed by atoms with Crippen LogP contribution in [-0.4, -0.2) is 18.8 Å². The molecule has 2 aromatic carbocycles. The van der Waals surface area contributed by atoms with Gasteiger partial charge >= 0.3 is 5.97 Å². The minimum atomic E-state index is -0.795. The second kappa shape index (κ2) is 8.37. The van der Waals surface area contributed by atoms with E-state index in [2.05, 4.69) is 9.84 Å². The molecule has 0 saturated carbocycles. The number of hydrogen-bond acceptors (Lipinski definition) is 3. The molecule has 0 N–H and O–H groups in total. The van der Waals surface area contributed by atoms with E-state index in [0.717, 1.165) is 5.56 Å². The van der Waals surface area contributed by atoms with Crippen molar-refractivity contribution in [3.63, 3.8) is 0 Å². The second-order valence-corrected chi connectivity index (χ2v) is 6.91. The zero-order chi connectivity index (χ0) is 20.3. The van der Waals surface area contributed by atoms with E-state index in [1.54, 1.807) is 6.92 Å². The largest absolute Gasteiger partial charge is 0.469 e. The van der Waals surface area contributed by atoms with Gasteiger partial charge in [-0.1, -0.05) is 48.0 Å². The van der Waals surface area contributed by atoms with Crippen molar-refractivity contribution in [3.8, 4) is 0 Å². The fourth-order valence-corrected chi connectivity index (χ4v) is 3.77.